The molecule has 3 heteroatoms. The van der Waals surface area contributed by atoms with Crippen LogP contribution in [0.3, 0.4) is 0 Å². The monoisotopic (exact) mass is 551 g/mol. The summed E-state index contributed by atoms with van der Waals surface area (Å²) < 4.78 is 0. The Labute approximate surface area is 251 Å². The molecule has 0 amide bonds. The lowest BCUT2D eigenvalue weighted by atomic mass is 9.82. The first-order chi connectivity index (χ1) is 21.0. The maximum absolute atomic E-state index is 5.10. The molecule has 0 radical (unpaired) electrons. The lowest BCUT2D eigenvalue weighted by Gasteiger charge is -2.21. The van der Waals surface area contributed by atoms with Crippen molar-refractivity contribution >= 4 is 10.8 Å². The Bertz CT molecular complexity index is 2160. The molecular weight excluding hydrogens is 522 g/mol. The van der Waals surface area contributed by atoms with E-state index in [4.69, 9.17) is 15.0 Å². The lowest BCUT2D eigenvalue weighted by Crippen LogP contribution is -2.15. The van der Waals surface area contributed by atoms with Crippen LogP contribution in [0.4, 0.5) is 0 Å². The van der Waals surface area contributed by atoms with Gasteiger partial charge in [0.05, 0.1) is 0 Å². The Balaban J connectivity index is 1.31. The van der Waals surface area contributed by atoms with Gasteiger partial charge in [-0.15, -0.1) is 0 Å². The number of nitrogens with zero attached hydrogens (tertiary/aromatic N) is 3. The van der Waals surface area contributed by atoms with E-state index in [2.05, 4.69) is 147 Å². The molecule has 0 aliphatic heterocycles. The molecule has 0 saturated carbocycles. The second-order valence-electron chi connectivity index (χ2n) is 11.7. The Morgan fingerprint density at radius 1 is 0.372 bits per heavy atom. The first-order valence-electron chi connectivity index (χ1n) is 14.7. The van der Waals surface area contributed by atoms with E-state index in [0.717, 1.165) is 33.2 Å². The van der Waals surface area contributed by atoms with Crippen molar-refractivity contribution in [1.29, 1.82) is 0 Å². The van der Waals surface area contributed by atoms with Gasteiger partial charge in [0, 0.05) is 22.1 Å². The summed E-state index contributed by atoms with van der Waals surface area (Å²) in [6.45, 7) is 4.60. The zero-order valence-electron chi connectivity index (χ0n) is 24.1. The quantitative estimate of drug-likeness (QED) is 0.218. The van der Waals surface area contributed by atoms with Crippen molar-refractivity contribution in [2.24, 2.45) is 0 Å². The van der Waals surface area contributed by atoms with Crippen molar-refractivity contribution in [2.45, 2.75) is 19.3 Å². The molecule has 3 nitrogen and oxygen atoms in total. The summed E-state index contributed by atoms with van der Waals surface area (Å²) in [4.78, 5) is 15.2. The van der Waals surface area contributed by atoms with Gasteiger partial charge in [-0.1, -0.05) is 135 Å². The zero-order valence-corrected chi connectivity index (χ0v) is 24.1. The summed E-state index contributed by atoms with van der Waals surface area (Å²) in [5.74, 6) is 2.00. The predicted octanol–water partition coefficient (Wildman–Crippen LogP) is 10.00. The molecule has 0 atom stereocenters. The molecule has 0 spiro atoms. The first kappa shape index (κ1) is 25.3. The molecule has 0 fully saturated rings. The number of benzene rings is 6. The van der Waals surface area contributed by atoms with E-state index >= 15 is 0 Å². The summed E-state index contributed by atoms with van der Waals surface area (Å²) in [6.07, 6.45) is 0. The lowest BCUT2D eigenvalue weighted by molar-refractivity contribution is 0.660. The van der Waals surface area contributed by atoms with Gasteiger partial charge in [-0.05, 0) is 62.4 Å². The average Bonchev–Trinajstić information content (AvgIpc) is 3.30. The highest BCUT2D eigenvalue weighted by atomic mass is 15.0. The Hall–Kier alpha value is -5.41. The van der Waals surface area contributed by atoms with Crippen LogP contribution in [0.2, 0.25) is 0 Å². The largest absolute Gasteiger partial charge is 0.208 e. The van der Waals surface area contributed by atoms with Crippen LogP contribution in [0, 0.1) is 0 Å². The SMILES string of the molecule is CC1(C)c2ccccc2-c2ccc(-c3nc(-c4cccc(-c5ccccc5)c4)nc(-c4ccc5ccccc5c4)n3)cc21. The molecule has 6 aromatic carbocycles. The molecule has 7 aromatic rings. The molecule has 1 aromatic heterocycles. The maximum Gasteiger partial charge on any atom is 0.164 e. The van der Waals surface area contributed by atoms with Crippen molar-refractivity contribution < 1.29 is 0 Å². The van der Waals surface area contributed by atoms with E-state index in [0.29, 0.717) is 17.5 Å². The summed E-state index contributed by atoms with van der Waals surface area (Å²) in [5.41, 5.74) is 10.3. The van der Waals surface area contributed by atoms with E-state index < -0.39 is 0 Å². The van der Waals surface area contributed by atoms with Crippen LogP contribution in [0.15, 0.2) is 140 Å². The predicted molar refractivity (Wildman–Crippen MR) is 177 cm³/mol. The minimum atomic E-state index is -0.108. The second kappa shape index (κ2) is 9.85. The van der Waals surface area contributed by atoms with E-state index in [9.17, 15) is 0 Å². The fourth-order valence-electron chi connectivity index (χ4n) is 6.40. The normalized spacial score (nSPS) is 13.1. The Morgan fingerprint density at radius 3 is 1.72 bits per heavy atom. The zero-order chi connectivity index (χ0) is 29.0. The number of rotatable bonds is 4. The molecule has 43 heavy (non-hydrogen) atoms. The van der Waals surface area contributed by atoms with Gasteiger partial charge in [0.25, 0.3) is 0 Å². The smallest absolute Gasteiger partial charge is 0.164 e. The fraction of sp³-hybridized carbons (Fsp3) is 0.0750. The van der Waals surface area contributed by atoms with Crippen molar-refractivity contribution in [3.63, 3.8) is 0 Å². The number of hydrogen-bond donors (Lipinski definition) is 0. The summed E-state index contributed by atoms with van der Waals surface area (Å²) in [5, 5.41) is 2.35. The van der Waals surface area contributed by atoms with Crippen LogP contribution in [-0.2, 0) is 5.41 Å². The first-order valence-corrected chi connectivity index (χ1v) is 14.7. The topological polar surface area (TPSA) is 38.7 Å². The number of fused-ring (bicyclic) bond motifs is 4. The fourth-order valence-corrected chi connectivity index (χ4v) is 6.40. The van der Waals surface area contributed by atoms with Crippen molar-refractivity contribution in [3.05, 3.63) is 151 Å². The third-order valence-electron chi connectivity index (χ3n) is 8.71. The molecule has 0 N–H and O–H groups in total. The average molecular weight is 552 g/mol. The van der Waals surface area contributed by atoms with Crippen molar-refractivity contribution in [2.75, 3.05) is 0 Å². The molecule has 1 aliphatic carbocycles. The van der Waals surface area contributed by atoms with Crippen LogP contribution < -0.4 is 0 Å². The highest BCUT2D eigenvalue weighted by Crippen LogP contribution is 2.49. The van der Waals surface area contributed by atoms with Crippen LogP contribution in [0.1, 0.15) is 25.0 Å². The van der Waals surface area contributed by atoms with Crippen molar-refractivity contribution in [1.82, 2.24) is 15.0 Å². The minimum absolute atomic E-state index is 0.108. The van der Waals surface area contributed by atoms with Crippen LogP contribution in [0.25, 0.3) is 67.2 Å². The van der Waals surface area contributed by atoms with Gasteiger partial charge in [-0.25, -0.2) is 15.0 Å². The summed E-state index contributed by atoms with van der Waals surface area (Å²) in [6, 6.07) is 49.1. The Kier molecular flexibility index (Phi) is 5.80. The minimum Gasteiger partial charge on any atom is -0.208 e. The van der Waals surface area contributed by atoms with E-state index in [1.165, 1.54) is 27.6 Å². The van der Waals surface area contributed by atoms with Gasteiger partial charge < -0.3 is 0 Å². The Morgan fingerprint density at radius 2 is 0.930 bits per heavy atom. The van der Waals surface area contributed by atoms with Crippen LogP contribution >= 0.6 is 0 Å². The molecule has 0 bridgehead atoms. The third-order valence-corrected chi connectivity index (χ3v) is 8.71. The molecule has 1 aliphatic rings. The maximum atomic E-state index is 5.10. The van der Waals surface area contributed by atoms with E-state index in [1.807, 2.05) is 6.07 Å². The highest BCUT2D eigenvalue weighted by Gasteiger charge is 2.35. The standard InChI is InChI=1S/C40H29N3/c1-40(2)35-18-9-8-17-33(35)34-22-21-32(25-36(34)40)39-42-37(30-16-10-15-29(23-30)26-11-4-3-5-12-26)41-38(43-39)31-20-19-27-13-6-7-14-28(27)24-31/h3-25H,1-2H3. The summed E-state index contributed by atoms with van der Waals surface area (Å²) in [7, 11) is 0. The van der Waals surface area contributed by atoms with E-state index in [1.54, 1.807) is 0 Å². The van der Waals surface area contributed by atoms with Crippen molar-refractivity contribution in [3.8, 4) is 56.4 Å². The van der Waals surface area contributed by atoms with Crippen LogP contribution in [0.5, 0.6) is 0 Å². The molecule has 0 unspecified atom stereocenters. The van der Waals surface area contributed by atoms with Gasteiger partial charge in [-0.2, -0.15) is 0 Å². The van der Waals surface area contributed by atoms with E-state index in [-0.39, 0.29) is 5.41 Å². The number of aromatic nitrogens is 3. The van der Waals surface area contributed by atoms with Gasteiger partial charge in [0.15, 0.2) is 17.5 Å². The molecule has 204 valence electrons. The van der Waals surface area contributed by atoms with Gasteiger partial charge in [0.1, 0.15) is 0 Å². The number of hydrogen-bond acceptors (Lipinski definition) is 3. The third kappa shape index (κ3) is 4.33. The van der Waals surface area contributed by atoms with Gasteiger partial charge in [-0.3, -0.25) is 0 Å². The summed E-state index contributed by atoms with van der Waals surface area (Å²) >= 11 is 0. The molecule has 1 heterocycles. The molecular formula is C40H29N3. The van der Waals surface area contributed by atoms with Gasteiger partial charge >= 0.3 is 0 Å². The van der Waals surface area contributed by atoms with Crippen LogP contribution in [-0.4, -0.2) is 15.0 Å². The molecule has 8 rings (SSSR count). The molecule has 0 saturated heterocycles. The highest BCUT2D eigenvalue weighted by molar-refractivity contribution is 5.87. The van der Waals surface area contributed by atoms with Gasteiger partial charge in [0.2, 0.25) is 0 Å². The second-order valence-corrected chi connectivity index (χ2v) is 11.7.